The highest BCUT2D eigenvalue weighted by Crippen LogP contribution is 2.40. The lowest BCUT2D eigenvalue weighted by atomic mass is 9.84. The van der Waals surface area contributed by atoms with Gasteiger partial charge in [-0.25, -0.2) is 0 Å². The van der Waals surface area contributed by atoms with Crippen molar-refractivity contribution >= 4 is 11.6 Å². The summed E-state index contributed by atoms with van der Waals surface area (Å²) >= 11 is 6.38. The summed E-state index contributed by atoms with van der Waals surface area (Å²) < 4.78 is 19.4. The number of nitrogens with zero attached hydrogens (tertiary/aromatic N) is 4. The van der Waals surface area contributed by atoms with Crippen LogP contribution < -0.4 is 4.74 Å². The third-order valence-corrected chi connectivity index (χ3v) is 8.06. The van der Waals surface area contributed by atoms with Crippen LogP contribution >= 0.6 is 11.6 Å². The molecule has 3 aromatic rings. The molecule has 0 N–H and O–H groups in total. The first kappa shape index (κ1) is 23.4. The summed E-state index contributed by atoms with van der Waals surface area (Å²) in [6, 6.07) is 14.9. The molecule has 1 aliphatic carbocycles. The molecule has 2 aliphatic heterocycles. The van der Waals surface area contributed by atoms with Crippen LogP contribution in [0.3, 0.4) is 0 Å². The van der Waals surface area contributed by atoms with E-state index in [1.54, 1.807) is 19.6 Å². The molecule has 0 bridgehead atoms. The SMILES string of the molecule is COc1ccc(CN(C)C2CCC(c3nnc4n3-c3ccc(Cl)cc3CC3(C4)OC=CO3)CC2)cc1. The average Bonchev–Trinajstić information content (AvgIpc) is 3.49. The van der Waals surface area contributed by atoms with E-state index in [1.165, 1.54) is 5.56 Å². The summed E-state index contributed by atoms with van der Waals surface area (Å²) in [4.78, 5) is 2.48. The lowest BCUT2D eigenvalue weighted by Gasteiger charge is -2.34. The summed E-state index contributed by atoms with van der Waals surface area (Å²) in [5.41, 5.74) is 3.46. The van der Waals surface area contributed by atoms with Crippen LogP contribution in [0.2, 0.25) is 5.02 Å². The Hall–Kier alpha value is -3.03. The number of ether oxygens (including phenoxy) is 3. The quantitative estimate of drug-likeness (QED) is 0.461. The predicted octanol–water partition coefficient (Wildman–Crippen LogP) is 5.40. The largest absolute Gasteiger partial charge is 0.497 e. The molecule has 8 heteroatoms. The molecule has 6 rings (SSSR count). The van der Waals surface area contributed by atoms with E-state index in [2.05, 4.69) is 39.8 Å². The van der Waals surface area contributed by atoms with Crippen LogP contribution in [0.4, 0.5) is 0 Å². The Bertz CT molecular complexity index is 1260. The Labute approximate surface area is 216 Å². The Morgan fingerprint density at radius 3 is 2.50 bits per heavy atom. The van der Waals surface area contributed by atoms with E-state index in [4.69, 9.17) is 30.9 Å². The molecule has 1 fully saturated rings. The minimum absolute atomic E-state index is 0.359. The van der Waals surface area contributed by atoms with Gasteiger partial charge in [0.15, 0.2) is 0 Å². The molecule has 2 aromatic carbocycles. The van der Waals surface area contributed by atoms with Gasteiger partial charge in [-0.2, -0.15) is 0 Å². The second-order valence-electron chi connectivity index (χ2n) is 10.1. The van der Waals surface area contributed by atoms with Crippen LogP contribution in [0.15, 0.2) is 55.0 Å². The topological polar surface area (TPSA) is 61.6 Å². The number of aromatic nitrogens is 3. The standard InChI is InChI=1S/C28H31ClN4O3/c1-32(18-19-3-10-24(34-2)11-4-19)23-8-5-20(6-9-23)27-31-30-26-17-28(35-13-14-36-28)16-21-15-22(29)7-12-25(21)33(26)27/h3-4,7,10-15,20,23H,5-6,8-9,16-18H2,1-2H3. The first-order valence-corrected chi connectivity index (χ1v) is 13.0. The number of fused-ring (bicyclic) bond motifs is 3. The third kappa shape index (κ3) is 4.35. The maximum atomic E-state index is 6.38. The van der Waals surface area contributed by atoms with Gasteiger partial charge in [0.2, 0.25) is 0 Å². The fraction of sp³-hybridized carbons (Fsp3) is 0.429. The van der Waals surface area contributed by atoms with Gasteiger partial charge in [0.1, 0.15) is 29.9 Å². The molecule has 0 atom stereocenters. The van der Waals surface area contributed by atoms with Gasteiger partial charge in [-0.3, -0.25) is 9.47 Å². The van der Waals surface area contributed by atoms with Gasteiger partial charge < -0.3 is 14.2 Å². The zero-order valence-corrected chi connectivity index (χ0v) is 21.4. The highest BCUT2D eigenvalue weighted by atomic mass is 35.5. The maximum Gasteiger partial charge on any atom is 0.260 e. The second-order valence-corrected chi connectivity index (χ2v) is 10.6. The number of benzene rings is 2. The highest BCUT2D eigenvalue weighted by molar-refractivity contribution is 6.30. The number of methoxy groups -OCH3 is 1. The van der Waals surface area contributed by atoms with Crippen LogP contribution in [0.1, 0.15) is 54.4 Å². The number of hydrogen-bond acceptors (Lipinski definition) is 6. The van der Waals surface area contributed by atoms with Crippen LogP contribution in [0.25, 0.3) is 5.69 Å². The summed E-state index contributed by atoms with van der Waals surface area (Å²) in [7, 11) is 3.93. The minimum Gasteiger partial charge on any atom is -0.497 e. The van der Waals surface area contributed by atoms with Gasteiger partial charge in [0.05, 0.1) is 25.6 Å². The summed E-state index contributed by atoms with van der Waals surface area (Å²) in [6.07, 6.45) is 8.78. The molecule has 1 aromatic heterocycles. The van der Waals surface area contributed by atoms with E-state index in [1.807, 2.05) is 24.3 Å². The molecule has 36 heavy (non-hydrogen) atoms. The van der Waals surface area contributed by atoms with Crippen molar-refractivity contribution in [2.45, 2.75) is 62.8 Å². The molecule has 0 radical (unpaired) electrons. The van der Waals surface area contributed by atoms with E-state index >= 15 is 0 Å². The molecular weight excluding hydrogens is 476 g/mol. The van der Waals surface area contributed by atoms with Crippen LogP contribution in [0.5, 0.6) is 5.75 Å². The second kappa shape index (κ2) is 9.45. The van der Waals surface area contributed by atoms with Gasteiger partial charge in [-0.15, -0.1) is 10.2 Å². The molecule has 0 saturated heterocycles. The normalized spacial score (nSPS) is 22.0. The van der Waals surface area contributed by atoms with E-state index in [0.717, 1.165) is 60.9 Å². The Morgan fingerprint density at radius 2 is 1.78 bits per heavy atom. The summed E-state index contributed by atoms with van der Waals surface area (Å²) in [5, 5.41) is 10.0. The molecule has 3 aliphatic rings. The predicted molar refractivity (Wildman–Crippen MR) is 137 cm³/mol. The number of halogens is 1. The van der Waals surface area contributed by atoms with Crippen LogP contribution in [-0.2, 0) is 28.9 Å². The summed E-state index contributed by atoms with van der Waals surface area (Å²) in [6.45, 7) is 0.934. The van der Waals surface area contributed by atoms with Gasteiger partial charge in [-0.05, 0) is 74.2 Å². The molecule has 7 nitrogen and oxygen atoms in total. The minimum atomic E-state index is -0.792. The fourth-order valence-electron chi connectivity index (χ4n) is 5.90. The van der Waals surface area contributed by atoms with Crippen molar-refractivity contribution < 1.29 is 14.2 Å². The zero-order chi connectivity index (χ0) is 24.7. The Morgan fingerprint density at radius 1 is 1.03 bits per heavy atom. The molecule has 188 valence electrons. The molecular formula is C28H31ClN4O3. The fourth-order valence-corrected chi connectivity index (χ4v) is 6.09. The van der Waals surface area contributed by atoms with Crippen molar-refractivity contribution in [3.05, 3.63) is 82.8 Å². The molecule has 0 amide bonds. The average molecular weight is 507 g/mol. The smallest absolute Gasteiger partial charge is 0.260 e. The zero-order valence-electron chi connectivity index (χ0n) is 20.7. The lowest BCUT2D eigenvalue weighted by Crippen LogP contribution is -2.35. The van der Waals surface area contributed by atoms with Gasteiger partial charge in [0.25, 0.3) is 5.79 Å². The molecule has 1 saturated carbocycles. The first-order chi connectivity index (χ1) is 17.5. The van der Waals surface area contributed by atoms with E-state index in [0.29, 0.717) is 29.8 Å². The highest BCUT2D eigenvalue weighted by Gasteiger charge is 2.42. The van der Waals surface area contributed by atoms with E-state index in [9.17, 15) is 0 Å². The Kier molecular flexibility index (Phi) is 6.13. The van der Waals surface area contributed by atoms with Crippen molar-refractivity contribution in [3.8, 4) is 11.4 Å². The van der Waals surface area contributed by atoms with Gasteiger partial charge in [0, 0.05) is 23.5 Å². The van der Waals surface area contributed by atoms with E-state index < -0.39 is 5.79 Å². The number of rotatable bonds is 5. The lowest BCUT2D eigenvalue weighted by molar-refractivity contribution is -0.139. The van der Waals surface area contributed by atoms with Gasteiger partial charge >= 0.3 is 0 Å². The monoisotopic (exact) mass is 506 g/mol. The van der Waals surface area contributed by atoms with Gasteiger partial charge in [-0.1, -0.05) is 23.7 Å². The maximum absolute atomic E-state index is 6.38. The van der Waals surface area contributed by atoms with E-state index in [-0.39, 0.29) is 0 Å². The van der Waals surface area contributed by atoms with Crippen molar-refractivity contribution in [1.82, 2.24) is 19.7 Å². The van der Waals surface area contributed by atoms with Crippen molar-refractivity contribution in [2.75, 3.05) is 14.2 Å². The first-order valence-electron chi connectivity index (χ1n) is 12.6. The Balaban J connectivity index is 1.20. The third-order valence-electron chi connectivity index (χ3n) is 7.82. The van der Waals surface area contributed by atoms with Crippen LogP contribution in [0, 0.1) is 0 Å². The van der Waals surface area contributed by atoms with Crippen molar-refractivity contribution in [3.63, 3.8) is 0 Å². The molecule has 0 unspecified atom stereocenters. The van der Waals surface area contributed by atoms with Crippen molar-refractivity contribution in [2.24, 2.45) is 0 Å². The number of hydrogen-bond donors (Lipinski definition) is 0. The van der Waals surface area contributed by atoms with Crippen LogP contribution in [-0.4, -0.2) is 45.7 Å². The molecule has 3 heterocycles. The molecule has 1 spiro atoms. The summed E-state index contributed by atoms with van der Waals surface area (Å²) in [5.74, 6) is 2.37. The van der Waals surface area contributed by atoms with Crippen molar-refractivity contribution in [1.29, 1.82) is 0 Å².